The third kappa shape index (κ3) is 3.23. The van der Waals surface area contributed by atoms with Gasteiger partial charge in [-0.15, -0.1) is 0 Å². The lowest BCUT2D eigenvalue weighted by molar-refractivity contribution is -0.118. The Bertz CT molecular complexity index is 479. The zero-order valence-electron chi connectivity index (χ0n) is 9.01. The molecule has 6 heteroatoms. The number of carbonyl (C=O) groups is 1. The molecule has 0 aliphatic carbocycles. The van der Waals surface area contributed by atoms with Crippen molar-refractivity contribution in [3.63, 3.8) is 0 Å². The Hall–Kier alpha value is -2.50. The molecule has 0 atom stereocenters. The molecule has 1 heterocycles. The molecule has 6 nitrogen and oxygen atoms in total. The van der Waals surface area contributed by atoms with E-state index in [1.165, 1.54) is 0 Å². The number of anilines is 2. The number of benzene rings is 1. The number of aromatic amines is 1. The monoisotopic (exact) mass is 232 g/mol. The van der Waals surface area contributed by atoms with Crippen molar-refractivity contribution < 1.29 is 9.53 Å². The predicted octanol–water partition coefficient (Wildman–Crippen LogP) is 1.01. The smallest absolute Gasteiger partial charge is 0.263 e. The summed E-state index contributed by atoms with van der Waals surface area (Å²) in [7, 11) is 0. The molecular weight excluding hydrogens is 220 g/mol. The summed E-state index contributed by atoms with van der Waals surface area (Å²) in [6.07, 6.45) is 1.55. The molecule has 0 aliphatic heterocycles. The molecule has 0 saturated heterocycles. The van der Waals surface area contributed by atoms with Crippen molar-refractivity contribution in [1.82, 2.24) is 10.2 Å². The molecule has 88 valence electrons. The summed E-state index contributed by atoms with van der Waals surface area (Å²) in [4.78, 5) is 11.4. The number of nitrogens with one attached hydrogen (secondary N) is 2. The largest absolute Gasteiger partial charge is 0.484 e. The van der Waals surface area contributed by atoms with Crippen LogP contribution in [0.1, 0.15) is 0 Å². The molecule has 0 radical (unpaired) electrons. The molecule has 0 unspecified atom stereocenters. The Labute approximate surface area is 97.8 Å². The highest BCUT2D eigenvalue weighted by Gasteiger charge is 2.03. The van der Waals surface area contributed by atoms with Crippen molar-refractivity contribution in [2.45, 2.75) is 0 Å². The molecule has 0 spiro atoms. The number of amides is 1. The third-order valence-corrected chi connectivity index (χ3v) is 2.02. The molecule has 1 aromatic heterocycles. The number of rotatable bonds is 4. The normalized spacial score (nSPS) is 9.88. The van der Waals surface area contributed by atoms with Gasteiger partial charge in [-0.3, -0.25) is 9.89 Å². The van der Waals surface area contributed by atoms with Gasteiger partial charge in [0.05, 0.1) is 6.20 Å². The topological polar surface area (TPSA) is 93.0 Å². The van der Waals surface area contributed by atoms with E-state index in [1.54, 1.807) is 36.5 Å². The van der Waals surface area contributed by atoms with Gasteiger partial charge < -0.3 is 15.8 Å². The zero-order chi connectivity index (χ0) is 12.1. The minimum absolute atomic E-state index is 0.0665. The van der Waals surface area contributed by atoms with Crippen LogP contribution in [0.5, 0.6) is 5.75 Å². The van der Waals surface area contributed by atoms with E-state index >= 15 is 0 Å². The molecular formula is C11H12N4O2. The Morgan fingerprint density at radius 1 is 1.35 bits per heavy atom. The highest BCUT2D eigenvalue weighted by atomic mass is 16.5. The number of nitrogens with two attached hydrogens (primary N) is 1. The van der Waals surface area contributed by atoms with E-state index in [2.05, 4.69) is 15.5 Å². The minimum atomic E-state index is -0.258. The van der Waals surface area contributed by atoms with Gasteiger partial charge in [-0.2, -0.15) is 5.10 Å². The van der Waals surface area contributed by atoms with Crippen LogP contribution in [0.4, 0.5) is 11.5 Å². The van der Waals surface area contributed by atoms with Crippen LogP contribution in [-0.2, 0) is 4.79 Å². The van der Waals surface area contributed by atoms with Gasteiger partial charge in [-0.1, -0.05) is 0 Å². The van der Waals surface area contributed by atoms with E-state index in [0.717, 1.165) is 0 Å². The van der Waals surface area contributed by atoms with Crippen molar-refractivity contribution in [2.75, 3.05) is 17.7 Å². The summed E-state index contributed by atoms with van der Waals surface area (Å²) in [5, 5.41) is 8.93. The fraction of sp³-hybridized carbons (Fsp3) is 0.0909. The van der Waals surface area contributed by atoms with Gasteiger partial charge in [0.2, 0.25) is 0 Å². The number of H-pyrrole nitrogens is 1. The lowest BCUT2D eigenvalue weighted by Crippen LogP contribution is -2.20. The Kier molecular flexibility index (Phi) is 3.25. The molecule has 1 amide bonds. The molecule has 0 saturated carbocycles. The van der Waals surface area contributed by atoms with Gasteiger partial charge in [0.15, 0.2) is 6.61 Å². The number of hydrogen-bond acceptors (Lipinski definition) is 4. The molecule has 17 heavy (non-hydrogen) atoms. The van der Waals surface area contributed by atoms with E-state index in [9.17, 15) is 4.79 Å². The van der Waals surface area contributed by atoms with Crippen LogP contribution < -0.4 is 15.8 Å². The maximum absolute atomic E-state index is 11.4. The Morgan fingerprint density at radius 3 is 2.76 bits per heavy atom. The molecule has 0 bridgehead atoms. The summed E-state index contributed by atoms with van der Waals surface area (Å²) < 4.78 is 5.27. The summed E-state index contributed by atoms with van der Waals surface area (Å²) >= 11 is 0. The van der Waals surface area contributed by atoms with Gasteiger partial charge in [0.25, 0.3) is 5.91 Å². The van der Waals surface area contributed by atoms with Crippen LogP contribution in [0.2, 0.25) is 0 Å². The molecule has 4 N–H and O–H groups in total. The third-order valence-electron chi connectivity index (χ3n) is 2.02. The maximum Gasteiger partial charge on any atom is 0.263 e. The first-order valence-electron chi connectivity index (χ1n) is 5.01. The second-order valence-electron chi connectivity index (χ2n) is 3.38. The van der Waals surface area contributed by atoms with Gasteiger partial charge in [-0.05, 0) is 24.3 Å². The van der Waals surface area contributed by atoms with Crippen LogP contribution in [-0.4, -0.2) is 22.7 Å². The van der Waals surface area contributed by atoms with E-state index < -0.39 is 0 Å². The van der Waals surface area contributed by atoms with Gasteiger partial charge in [0, 0.05) is 11.8 Å². The van der Waals surface area contributed by atoms with Crippen molar-refractivity contribution in [2.24, 2.45) is 0 Å². The van der Waals surface area contributed by atoms with Crippen LogP contribution in [0.15, 0.2) is 36.5 Å². The Balaban J connectivity index is 1.82. The number of ether oxygens (including phenoxy) is 1. The van der Waals surface area contributed by atoms with E-state index in [-0.39, 0.29) is 12.5 Å². The van der Waals surface area contributed by atoms with Crippen LogP contribution in [0, 0.1) is 0 Å². The quantitative estimate of drug-likeness (QED) is 0.686. The van der Waals surface area contributed by atoms with Crippen molar-refractivity contribution >= 4 is 17.4 Å². The average Bonchev–Trinajstić information content (AvgIpc) is 2.81. The molecule has 2 aromatic rings. The van der Waals surface area contributed by atoms with Crippen molar-refractivity contribution in [3.8, 4) is 5.75 Å². The van der Waals surface area contributed by atoms with Gasteiger partial charge in [0.1, 0.15) is 11.6 Å². The average molecular weight is 232 g/mol. The van der Waals surface area contributed by atoms with Gasteiger partial charge in [-0.25, -0.2) is 0 Å². The number of nitrogens with zero attached hydrogens (tertiary/aromatic N) is 1. The minimum Gasteiger partial charge on any atom is -0.484 e. The lowest BCUT2D eigenvalue weighted by atomic mass is 10.3. The standard InChI is InChI=1S/C11H12N4O2/c12-8-1-3-9(4-2-8)17-7-11(16)14-10-5-6-13-15-10/h1-6H,7,12H2,(H2,13,14,15,16). The molecule has 2 rings (SSSR count). The highest BCUT2D eigenvalue weighted by molar-refractivity contribution is 5.90. The lowest BCUT2D eigenvalue weighted by Gasteiger charge is -2.06. The number of hydrogen-bond donors (Lipinski definition) is 3. The SMILES string of the molecule is Nc1ccc(OCC(=O)Nc2ccn[nH]2)cc1. The van der Waals surface area contributed by atoms with Crippen LogP contribution in [0.3, 0.4) is 0 Å². The van der Waals surface area contributed by atoms with E-state index in [0.29, 0.717) is 17.3 Å². The number of carbonyl (C=O) groups excluding carboxylic acids is 1. The Morgan fingerprint density at radius 2 is 2.12 bits per heavy atom. The fourth-order valence-electron chi connectivity index (χ4n) is 1.22. The van der Waals surface area contributed by atoms with E-state index in [4.69, 9.17) is 10.5 Å². The molecule has 0 fully saturated rings. The van der Waals surface area contributed by atoms with Crippen LogP contribution >= 0.6 is 0 Å². The first-order chi connectivity index (χ1) is 8.24. The van der Waals surface area contributed by atoms with Crippen molar-refractivity contribution in [1.29, 1.82) is 0 Å². The van der Waals surface area contributed by atoms with Crippen LogP contribution in [0.25, 0.3) is 0 Å². The fourth-order valence-corrected chi connectivity index (χ4v) is 1.22. The van der Waals surface area contributed by atoms with E-state index in [1.807, 2.05) is 0 Å². The van der Waals surface area contributed by atoms with Crippen molar-refractivity contribution in [3.05, 3.63) is 36.5 Å². The highest BCUT2D eigenvalue weighted by Crippen LogP contribution is 2.12. The summed E-state index contributed by atoms with van der Waals surface area (Å²) in [6, 6.07) is 8.49. The maximum atomic E-state index is 11.4. The summed E-state index contributed by atoms with van der Waals surface area (Å²) in [5.74, 6) is 0.876. The predicted molar refractivity (Wildman–Crippen MR) is 63.6 cm³/mol. The molecule has 0 aliphatic rings. The summed E-state index contributed by atoms with van der Waals surface area (Å²) in [5.41, 5.74) is 6.18. The zero-order valence-corrected chi connectivity index (χ0v) is 9.01. The first-order valence-corrected chi connectivity index (χ1v) is 5.01. The number of aromatic nitrogens is 2. The first kappa shape index (κ1) is 11.0. The second-order valence-corrected chi connectivity index (χ2v) is 3.38. The molecule has 1 aromatic carbocycles. The summed E-state index contributed by atoms with van der Waals surface area (Å²) in [6.45, 7) is -0.0665. The second kappa shape index (κ2) is 5.02. The number of nitrogen functional groups attached to an aromatic ring is 1. The van der Waals surface area contributed by atoms with Gasteiger partial charge >= 0.3 is 0 Å².